The highest BCUT2D eigenvalue weighted by atomic mass is 32.2. The van der Waals surface area contributed by atoms with E-state index in [9.17, 15) is 28.0 Å². The van der Waals surface area contributed by atoms with Gasteiger partial charge in [0.15, 0.2) is 23.2 Å². The number of hydrogen-bond acceptors (Lipinski definition) is 15. The second-order valence-corrected chi connectivity index (χ2v) is 17.0. The van der Waals surface area contributed by atoms with Crippen LogP contribution in [0, 0.1) is 13.8 Å². The number of aryl methyl sites for hydroxylation is 2. The summed E-state index contributed by atoms with van der Waals surface area (Å²) in [6.07, 6.45) is -0.751. The third kappa shape index (κ3) is 8.17. The minimum Gasteiger partial charge on any atom is -0.459 e. The van der Waals surface area contributed by atoms with E-state index in [-0.39, 0.29) is 35.3 Å². The number of nitrogen functional groups attached to an aromatic ring is 1. The van der Waals surface area contributed by atoms with E-state index in [1.807, 2.05) is 38.1 Å². The van der Waals surface area contributed by atoms with Crippen LogP contribution in [-0.4, -0.2) is 87.4 Å². The van der Waals surface area contributed by atoms with Gasteiger partial charge in [-0.25, -0.2) is 18.0 Å². The van der Waals surface area contributed by atoms with Gasteiger partial charge in [0.05, 0.1) is 19.2 Å². The number of ether oxygens (including phenoxy) is 2. The molecule has 2 aromatic heterocycles. The first-order valence-corrected chi connectivity index (χ1v) is 20.1. The number of anilines is 2. The number of hydrogen-bond donors (Lipinski definition) is 5. The van der Waals surface area contributed by atoms with Crippen LogP contribution in [0.4, 0.5) is 11.8 Å². The van der Waals surface area contributed by atoms with E-state index in [0.29, 0.717) is 19.3 Å². The van der Waals surface area contributed by atoms with E-state index >= 15 is 0 Å². The Morgan fingerprint density at radius 3 is 2.51 bits per heavy atom. The molecule has 0 amide bonds. The summed E-state index contributed by atoms with van der Waals surface area (Å²) in [6.45, 7) is 4.57. The lowest BCUT2D eigenvalue weighted by atomic mass is 9.78. The molecule has 0 bridgehead atoms. The summed E-state index contributed by atoms with van der Waals surface area (Å²) in [5.74, 6) is -0.650. The van der Waals surface area contributed by atoms with Crippen molar-refractivity contribution in [3.8, 4) is 5.75 Å². The van der Waals surface area contributed by atoms with Crippen LogP contribution in [0.2, 0.25) is 0 Å². The molecule has 1 saturated carbocycles. The van der Waals surface area contributed by atoms with Gasteiger partial charge in [-0.3, -0.25) is 18.9 Å². The van der Waals surface area contributed by atoms with E-state index in [1.54, 1.807) is 24.3 Å². The molecule has 20 heteroatoms. The normalized spacial score (nSPS) is 23.6. The van der Waals surface area contributed by atoms with Gasteiger partial charge in [-0.1, -0.05) is 42.0 Å². The van der Waals surface area contributed by atoms with E-state index in [0.717, 1.165) is 28.0 Å². The highest BCUT2D eigenvalue weighted by Gasteiger charge is 2.56. The van der Waals surface area contributed by atoms with Gasteiger partial charge in [0.1, 0.15) is 35.7 Å². The molecule has 0 radical (unpaired) electrons. The number of aromatic nitrogens is 4. The largest absolute Gasteiger partial charge is 0.459 e. The number of sulfonamides is 1. The molecule has 3 heterocycles. The summed E-state index contributed by atoms with van der Waals surface area (Å²) in [5.41, 5.74) is 5.45. The Kier molecular flexibility index (Phi) is 10.6. The molecule has 2 fully saturated rings. The van der Waals surface area contributed by atoms with E-state index in [1.165, 1.54) is 24.9 Å². The van der Waals surface area contributed by atoms with Crippen molar-refractivity contribution in [2.75, 3.05) is 30.7 Å². The van der Waals surface area contributed by atoms with E-state index in [2.05, 4.69) is 24.9 Å². The second kappa shape index (κ2) is 14.6. The van der Waals surface area contributed by atoms with Gasteiger partial charge < -0.3 is 29.9 Å². The number of fused-ring (bicyclic) bond motifs is 1. The number of nitrogens with zero attached hydrogens (tertiary/aromatic N) is 5. The molecule has 53 heavy (non-hydrogen) atoms. The molecule has 2 aliphatic rings. The first-order valence-electron chi connectivity index (χ1n) is 16.7. The zero-order valence-electron chi connectivity index (χ0n) is 29.8. The van der Waals surface area contributed by atoms with Gasteiger partial charge in [0.25, 0.3) is 0 Å². The molecule has 6 N–H and O–H groups in total. The van der Waals surface area contributed by atoms with Gasteiger partial charge in [0.2, 0.25) is 16.0 Å². The monoisotopic (exact) mass is 774 g/mol. The molecule has 2 aromatic carbocycles. The molecule has 5 atom stereocenters. The summed E-state index contributed by atoms with van der Waals surface area (Å²) in [4.78, 5) is 28.5. The van der Waals surface area contributed by atoms with Crippen LogP contribution in [0.15, 0.2) is 54.9 Å². The Morgan fingerprint density at radius 1 is 1.17 bits per heavy atom. The number of nitrogens with two attached hydrogens (primary N) is 1. The predicted octanol–water partition coefficient (Wildman–Crippen LogP) is 2.39. The zero-order valence-corrected chi connectivity index (χ0v) is 31.5. The molecule has 4 aromatic rings. The highest BCUT2D eigenvalue weighted by molar-refractivity contribution is 7.88. The number of imidazole rings is 1. The molecular formula is C33H43N8O10PS. The fourth-order valence-electron chi connectivity index (χ4n) is 6.19. The molecular weight excluding hydrogens is 731 g/mol. The zero-order chi connectivity index (χ0) is 38.3. The standard InChI is InChI=1S/C33H43N8O10PS/c1-20-11-13-23(14-12-20)51-52(45,38-33(15-8-16-33)30(43)48-17-22-10-7-6-9-21(22)2)49-18-24-26(42)32(3,44)29(50-24)41-19-35-25-27(36-31(34)37-28(25)41)40(4)39-53(5,46)47/h6-7,9-14,19,24,26,29,39,42,44H,8,15-18H2,1-5H3,(H,38,45)(H2,34,36,37)/t24?,26-,29?,32-,52?/m1/s1. The van der Waals surface area contributed by atoms with Gasteiger partial charge in [-0.05, 0) is 63.3 Å². The van der Waals surface area contributed by atoms with Crippen molar-refractivity contribution in [1.82, 2.24) is 29.4 Å². The smallest absolute Gasteiger partial charge is 0.459 e. The Bertz CT molecular complexity index is 2140. The highest BCUT2D eigenvalue weighted by Crippen LogP contribution is 2.51. The number of esters is 1. The van der Waals surface area contributed by atoms with Crippen molar-refractivity contribution >= 4 is 46.7 Å². The lowest BCUT2D eigenvalue weighted by molar-refractivity contribution is -0.156. The maximum absolute atomic E-state index is 14.6. The number of rotatable bonds is 14. The van der Waals surface area contributed by atoms with Crippen LogP contribution in [0.5, 0.6) is 5.75 Å². The molecule has 3 unspecified atom stereocenters. The maximum atomic E-state index is 14.6. The Hall–Kier alpha value is -4.20. The summed E-state index contributed by atoms with van der Waals surface area (Å²) in [6, 6.07) is 14.2. The average molecular weight is 775 g/mol. The van der Waals surface area contributed by atoms with Crippen LogP contribution in [-0.2, 0) is 40.0 Å². The number of hydrazine groups is 1. The molecule has 0 spiro atoms. The van der Waals surface area contributed by atoms with Crippen molar-refractivity contribution in [3.05, 3.63) is 71.5 Å². The van der Waals surface area contributed by atoms with Gasteiger partial charge in [-0.15, -0.1) is 4.83 Å². The molecule has 1 aliphatic heterocycles. The Balaban J connectivity index is 1.24. The van der Waals surface area contributed by atoms with Crippen molar-refractivity contribution in [1.29, 1.82) is 0 Å². The van der Waals surface area contributed by atoms with Crippen LogP contribution in [0.25, 0.3) is 11.2 Å². The van der Waals surface area contributed by atoms with Crippen LogP contribution in [0.3, 0.4) is 0 Å². The predicted molar refractivity (Wildman–Crippen MR) is 193 cm³/mol. The number of benzene rings is 2. The van der Waals surface area contributed by atoms with Crippen molar-refractivity contribution < 1.29 is 46.5 Å². The second-order valence-electron chi connectivity index (χ2n) is 13.6. The van der Waals surface area contributed by atoms with Crippen molar-refractivity contribution in [2.24, 2.45) is 0 Å². The lowest BCUT2D eigenvalue weighted by Crippen LogP contribution is -2.57. The van der Waals surface area contributed by atoms with Crippen LogP contribution in [0.1, 0.15) is 49.1 Å². The minimum atomic E-state index is -4.42. The third-order valence-electron chi connectivity index (χ3n) is 9.27. The Morgan fingerprint density at radius 2 is 1.87 bits per heavy atom. The molecule has 1 aliphatic carbocycles. The fraction of sp³-hybridized carbons (Fsp3) is 0.455. The number of nitrogens with one attached hydrogen (secondary N) is 2. The van der Waals surface area contributed by atoms with E-state index in [4.69, 9.17) is 24.3 Å². The number of carbonyl (C=O) groups excluding carboxylic acids is 1. The number of aliphatic hydroxyl groups excluding tert-OH is 1. The summed E-state index contributed by atoms with van der Waals surface area (Å²) < 4.78 is 63.3. The topological polar surface area (TPSA) is 243 Å². The van der Waals surface area contributed by atoms with Gasteiger partial charge >= 0.3 is 13.7 Å². The third-order valence-corrected chi connectivity index (χ3v) is 11.5. The fourth-order valence-corrected chi connectivity index (χ4v) is 8.52. The van der Waals surface area contributed by atoms with Crippen molar-refractivity contribution in [2.45, 2.75) is 76.2 Å². The first kappa shape index (κ1) is 38.5. The van der Waals surface area contributed by atoms with Crippen LogP contribution < -0.4 is 25.2 Å². The van der Waals surface area contributed by atoms with Crippen molar-refractivity contribution in [3.63, 3.8) is 0 Å². The van der Waals surface area contributed by atoms with Crippen LogP contribution >= 0.6 is 7.75 Å². The van der Waals surface area contributed by atoms with Gasteiger partial charge in [-0.2, -0.15) is 15.1 Å². The first-order chi connectivity index (χ1) is 24.9. The van der Waals surface area contributed by atoms with Gasteiger partial charge in [0, 0.05) is 7.05 Å². The molecule has 1 saturated heterocycles. The SMILES string of the molecule is Cc1ccc(OP(=O)(NC2(C(=O)OCc3ccccc3C)CCC2)OCC2OC(n3cnc4c(N(C)NS(C)(=O)=O)nc(N)nc43)[C@](C)(O)[C@@H]2O)cc1. The molecule has 286 valence electrons. The Labute approximate surface area is 306 Å². The maximum Gasteiger partial charge on any atom is 0.459 e. The summed E-state index contributed by atoms with van der Waals surface area (Å²) >= 11 is 0. The summed E-state index contributed by atoms with van der Waals surface area (Å²) in [5, 5.41) is 26.8. The number of carbonyl (C=O) groups is 1. The molecule has 6 rings (SSSR count). The minimum absolute atomic E-state index is 0.0115. The average Bonchev–Trinajstić information content (AvgIpc) is 3.58. The molecule has 18 nitrogen and oxygen atoms in total. The lowest BCUT2D eigenvalue weighted by Gasteiger charge is -2.41. The van der Waals surface area contributed by atoms with E-state index < -0.39 is 59.9 Å². The summed E-state index contributed by atoms with van der Waals surface area (Å²) in [7, 11) is -6.73. The number of aliphatic hydroxyl groups is 2. The quantitative estimate of drug-likeness (QED) is 0.0702.